The number of hydrogen-bond acceptors (Lipinski definition) is 3. The summed E-state index contributed by atoms with van der Waals surface area (Å²) < 4.78 is 0. The van der Waals surface area contributed by atoms with Crippen molar-refractivity contribution in [2.75, 3.05) is 11.6 Å². The molecule has 1 aromatic heterocycles. The molecule has 0 amide bonds. The van der Waals surface area contributed by atoms with E-state index in [1.54, 1.807) is 11.8 Å². The van der Waals surface area contributed by atoms with E-state index >= 15 is 0 Å². The summed E-state index contributed by atoms with van der Waals surface area (Å²) in [5, 5.41) is 5.78. The molecule has 0 radical (unpaired) electrons. The average molecular weight is 263 g/mol. The lowest BCUT2D eigenvalue weighted by Gasteiger charge is -2.18. The fraction of sp³-hybridized carbons (Fsp3) is 0.286. The van der Waals surface area contributed by atoms with Crippen LogP contribution in [-0.4, -0.2) is 6.26 Å². The SMILES string of the molecule is CCC(Nc1ccccc1SC)c1cccs1. The van der Waals surface area contributed by atoms with E-state index in [4.69, 9.17) is 0 Å². The molecule has 2 rings (SSSR count). The molecule has 1 N–H and O–H groups in total. The van der Waals surface area contributed by atoms with Crippen LogP contribution >= 0.6 is 23.1 Å². The first-order valence-corrected chi connectivity index (χ1v) is 7.88. The van der Waals surface area contributed by atoms with Crippen LogP contribution in [0.4, 0.5) is 5.69 Å². The minimum absolute atomic E-state index is 0.420. The highest BCUT2D eigenvalue weighted by Crippen LogP contribution is 2.31. The molecule has 90 valence electrons. The van der Waals surface area contributed by atoms with Crippen LogP contribution in [0, 0.1) is 0 Å². The first-order valence-electron chi connectivity index (χ1n) is 5.78. The summed E-state index contributed by atoms with van der Waals surface area (Å²) in [4.78, 5) is 2.71. The third kappa shape index (κ3) is 3.05. The first-order chi connectivity index (χ1) is 8.35. The van der Waals surface area contributed by atoms with E-state index in [9.17, 15) is 0 Å². The second-order valence-corrected chi connectivity index (χ2v) is 5.65. The number of hydrogen-bond donors (Lipinski definition) is 1. The van der Waals surface area contributed by atoms with Crippen LogP contribution < -0.4 is 5.32 Å². The molecule has 0 fully saturated rings. The Morgan fingerprint density at radius 1 is 1.24 bits per heavy atom. The van der Waals surface area contributed by atoms with Crippen molar-refractivity contribution < 1.29 is 0 Å². The van der Waals surface area contributed by atoms with Crippen LogP contribution in [0.1, 0.15) is 24.3 Å². The third-order valence-electron chi connectivity index (χ3n) is 2.73. The Bertz CT molecular complexity index is 451. The number of benzene rings is 1. The lowest BCUT2D eigenvalue weighted by molar-refractivity contribution is 0.761. The summed E-state index contributed by atoms with van der Waals surface area (Å²) in [6.45, 7) is 2.22. The van der Waals surface area contributed by atoms with E-state index in [1.807, 2.05) is 11.3 Å². The van der Waals surface area contributed by atoms with Gasteiger partial charge in [-0.15, -0.1) is 23.1 Å². The Labute approximate surface area is 111 Å². The Morgan fingerprint density at radius 2 is 2.06 bits per heavy atom. The van der Waals surface area contributed by atoms with Crippen LogP contribution in [0.2, 0.25) is 0 Å². The predicted octanol–water partition coefficient (Wildman–Crippen LogP) is 5.03. The molecule has 1 unspecified atom stereocenters. The van der Waals surface area contributed by atoms with Gasteiger partial charge in [0, 0.05) is 15.5 Å². The van der Waals surface area contributed by atoms with Gasteiger partial charge in [0.2, 0.25) is 0 Å². The molecule has 17 heavy (non-hydrogen) atoms. The molecule has 1 atom stereocenters. The first kappa shape index (κ1) is 12.5. The molecular formula is C14H17NS2. The highest BCUT2D eigenvalue weighted by Gasteiger charge is 2.11. The van der Waals surface area contributed by atoms with Gasteiger partial charge in [-0.3, -0.25) is 0 Å². The van der Waals surface area contributed by atoms with E-state index in [0.29, 0.717) is 6.04 Å². The monoisotopic (exact) mass is 263 g/mol. The second kappa shape index (κ2) is 6.12. The fourth-order valence-corrected chi connectivity index (χ4v) is 3.24. The van der Waals surface area contributed by atoms with Crippen LogP contribution in [0.3, 0.4) is 0 Å². The molecule has 0 bridgehead atoms. The van der Waals surface area contributed by atoms with Gasteiger partial charge in [0.1, 0.15) is 0 Å². The number of anilines is 1. The van der Waals surface area contributed by atoms with E-state index in [0.717, 1.165) is 6.42 Å². The van der Waals surface area contributed by atoms with Gasteiger partial charge in [0.15, 0.2) is 0 Å². The van der Waals surface area contributed by atoms with Crippen molar-refractivity contribution in [3.8, 4) is 0 Å². The maximum Gasteiger partial charge on any atom is 0.0604 e. The van der Waals surface area contributed by atoms with Gasteiger partial charge in [-0.1, -0.05) is 25.1 Å². The molecule has 0 aliphatic rings. The molecule has 0 spiro atoms. The highest BCUT2D eigenvalue weighted by molar-refractivity contribution is 7.98. The molecule has 0 aliphatic carbocycles. The largest absolute Gasteiger partial charge is 0.377 e. The lowest BCUT2D eigenvalue weighted by Crippen LogP contribution is -2.08. The maximum atomic E-state index is 3.64. The lowest BCUT2D eigenvalue weighted by atomic mass is 10.1. The van der Waals surface area contributed by atoms with Crippen LogP contribution in [0.5, 0.6) is 0 Å². The van der Waals surface area contributed by atoms with Gasteiger partial charge in [0.25, 0.3) is 0 Å². The quantitative estimate of drug-likeness (QED) is 0.759. The van der Waals surface area contributed by atoms with Gasteiger partial charge in [-0.05, 0) is 36.3 Å². The average Bonchev–Trinajstić information content (AvgIpc) is 2.90. The standard InChI is InChI=1S/C14H17NS2/c1-3-11(14-9-6-10-17-14)15-12-7-4-5-8-13(12)16-2/h4-11,15H,3H2,1-2H3. The summed E-state index contributed by atoms with van der Waals surface area (Å²) in [5.74, 6) is 0. The second-order valence-electron chi connectivity index (χ2n) is 3.82. The highest BCUT2D eigenvalue weighted by atomic mass is 32.2. The smallest absolute Gasteiger partial charge is 0.0604 e. The van der Waals surface area contributed by atoms with Crippen molar-refractivity contribution in [1.29, 1.82) is 0 Å². The van der Waals surface area contributed by atoms with Crippen LogP contribution in [0.25, 0.3) is 0 Å². The number of thioether (sulfide) groups is 1. The van der Waals surface area contributed by atoms with E-state index in [2.05, 4.69) is 60.3 Å². The number of para-hydroxylation sites is 1. The summed E-state index contributed by atoms with van der Waals surface area (Å²) in [6.07, 6.45) is 3.22. The normalized spacial score (nSPS) is 12.4. The van der Waals surface area contributed by atoms with Crippen molar-refractivity contribution in [3.63, 3.8) is 0 Å². The number of thiophene rings is 1. The molecule has 2 aromatic rings. The third-order valence-corrected chi connectivity index (χ3v) is 4.51. The van der Waals surface area contributed by atoms with Crippen LogP contribution in [-0.2, 0) is 0 Å². The van der Waals surface area contributed by atoms with Gasteiger partial charge < -0.3 is 5.32 Å². The van der Waals surface area contributed by atoms with Crippen molar-refractivity contribution in [3.05, 3.63) is 46.7 Å². The summed E-state index contributed by atoms with van der Waals surface area (Å²) in [7, 11) is 0. The van der Waals surface area contributed by atoms with Crippen molar-refractivity contribution in [2.24, 2.45) is 0 Å². The molecule has 3 heteroatoms. The van der Waals surface area contributed by atoms with Gasteiger partial charge in [-0.2, -0.15) is 0 Å². The molecule has 0 saturated heterocycles. The van der Waals surface area contributed by atoms with Crippen LogP contribution in [0.15, 0.2) is 46.7 Å². The molecular weight excluding hydrogens is 246 g/mol. The molecule has 1 heterocycles. The molecule has 0 saturated carbocycles. The summed E-state index contributed by atoms with van der Waals surface area (Å²) >= 11 is 3.61. The van der Waals surface area contributed by atoms with Crippen molar-refractivity contribution >= 4 is 28.8 Å². The van der Waals surface area contributed by atoms with Crippen molar-refractivity contribution in [1.82, 2.24) is 0 Å². The Kier molecular flexibility index (Phi) is 4.51. The van der Waals surface area contributed by atoms with Crippen molar-refractivity contribution in [2.45, 2.75) is 24.3 Å². The Morgan fingerprint density at radius 3 is 2.71 bits per heavy atom. The molecule has 0 aliphatic heterocycles. The maximum absolute atomic E-state index is 3.64. The fourth-order valence-electron chi connectivity index (χ4n) is 1.82. The number of rotatable bonds is 5. The van der Waals surface area contributed by atoms with Gasteiger partial charge >= 0.3 is 0 Å². The number of nitrogens with one attached hydrogen (secondary N) is 1. The van der Waals surface area contributed by atoms with E-state index in [-0.39, 0.29) is 0 Å². The van der Waals surface area contributed by atoms with Gasteiger partial charge in [-0.25, -0.2) is 0 Å². The zero-order valence-electron chi connectivity index (χ0n) is 10.1. The van der Waals surface area contributed by atoms with E-state index in [1.165, 1.54) is 15.5 Å². The summed E-state index contributed by atoms with van der Waals surface area (Å²) in [5.41, 5.74) is 1.24. The zero-order valence-corrected chi connectivity index (χ0v) is 11.8. The Balaban J connectivity index is 2.18. The topological polar surface area (TPSA) is 12.0 Å². The molecule has 1 aromatic carbocycles. The van der Waals surface area contributed by atoms with Gasteiger partial charge in [0.05, 0.1) is 6.04 Å². The van der Waals surface area contributed by atoms with E-state index < -0.39 is 0 Å². The minimum Gasteiger partial charge on any atom is -0.377 e. The minimum atomic E-state index is 0.420. The Hall–Kier alpha value is -0.930. The molecule has 1 nitrogen and oxygen atoms in total. The predicted molar refractivity (Wildman–Crippen MR) is 79.2 cm³/mol. The summed E-state index contributed by atoms with van der Waals surface area (Å²) in [6, 6.07) is 13.2. The zero-order chi connectivity index (χ0) is 12.1.